The molecule has 3 heterocycles. The molecular weight excluding hydrogens is 402 g/mol. The lowest BCUT2D eigenvalue weighted by Gasteiger charge is -2.26. The lowest BCUT2D eigenvalue weighted by molar-refractivity contribution is -0.118. The van der Waals surface area contributed by atoms with Crippen LogP contribution in [0.4, 0.5) is 0 Å². The van der Waals surface area contributed by atoms with E-state index in [-0.39, 0.29) is 17.4 Å². The van der Waals surface area contributed by atoms with Crippen LogP contribution in [0, 0.1) is 0 Å². The number of piperidine rings is 1. The molecule has 3 rings (SSSR count). The summed E-state index contributed by atoms with van der Waals surface area (Å²) in [6, 6.07) is 7.50. The second-order valence-electron chi connectivity index (χ2n) is 7.23. The molecule has 1 fully saturated rings. The fraction of sp³-hybridized carbons (Fsp3) is 0.455. The van der Waals surface area contributed by atoms with E-state index in [1.165, 1.54) is 31.1 Å². The Morgan fingerprint density at radius 2 is 2.13 bits per heavy atom. The van der Waals surface area contributed by atoms with E-state index >= 15 is 0 Å². The molecule has 0 unspecified atom stereocenters. The number of carbonyl (C=O) groups is 1. The second-order valence-corrected chi connectivity index (χ2v) is 8.69. The quantitative estimate of drug-likeness (QED) is 0.551. The van der Waals surface area contributed by atoms with E-state index in [2.05, 4.69) is 15.2 Å². The summed E-state index contributed by atoms with van der Waals surface area (Å²) in [4.78, 5) is 18.5. The maximum Gasteiger partial charge on any atom is 0.232 e. The normalized spacial score (nSPS) is 15.9. The predicted octanol–water partition coefficient (Wildman–Crippen LogP) is 2.66. The Kier molecular flexibility index (Phi) is 9.11. The van der Waals surface area contributed by atoms with Crippen LogP contribution < -0.4 is 10.1 Å². The highest BCUT2D eigenvalue weighted by Gasteiger charge is 2.11. The molecule has 0 saturated carbocycles. The zero-order valence-electron chi connectivity index (χ0n) is 17.1. The highest BCUT2D eigenvalue weighted by Crippen LogP contribution is 2.15. The molecular formula is C22H29N3O4S. The van der Waals surface area contributed by atoms with Crippen molar-refractivity contribution in [1.29, 1.82) is 0 Å². The van der Waals surface area contributed by atoms with Crippen LogP contribution in [0.1, 0.15) is 30.6 Å². The van der Waals surface area contributed by atoms with Crippen molar-refractivity contribution >= 4 is 16.7 Å². The van der Waals surface area contributed by atoms with Gasteiger partial charge in [-0.1, -0.05) is 12.5 Å². The van der Waals surface area contributed by atoms with Gasteiger partial charge in [0.25, 0.3) is 0 Å². The first-order chi connectivity index (χ1) is 14.7. The van der Waals surface area contributed by atoms with Gasteiger partial charge in [0.05, 0.1) is 12.0 Å². The van der Waals surface area contributed by atoms with Gasteiger partial charge in [0.15, 0.2) is 0 Å². The van der Waals surface area contributed by atoms with Crippen LogP contribution in [-0.2, 0) is 27.9 Å². The Balaban J connectivity index is 1.30. The maximum absolute atomic E-state index is 11.9. The molecule has 0 radical (unpaired) electrons. The summed E-state index contributed by atoms with van der Waals surface area (Å²) in [5.41, 5.74) is 1.21. The van der Waals surface area contributed by atoms with Crippen LogP contribution in [0.5, 0.6) is 5.88 Å². The van der Waals surface area contributed by atoms with Crippen LogP contribution in [0.15, 0.2) is 53.3 Å². The molecule has 2 aromatic rings. The third kappa shape index (κ3) is 8.12. The van der Waals surface area contributed by atoms with Crippen LogP contribution in [-0.4, -0.2) is 52.0 Å². The first-order valence-corrected chi connectivity index (χ1v) is 11.8. The number of carbonyl (C=O) groups excluding carboxylic acids is 1. The number of ether oxygens (including phenoxy) is 1. The molecule has 1 N–H and O–H groups in total. The summed E-state index contributed by atoms with van der Waals surface area (Å²) in [5, 5.41) is 2.72. The average Bonchev–Trinajstić information content (AvgIpc) is 3.24. The van der Waals surface area contributed by atoms with Crippen molar-refractivity contribution in [2.24, 2.45) is 0 Å². The van der Waals surface area contributed by atoms with Crippen molar-refractivity contribution in [1.82, 2.24) is 15.2 Å². The van der Waals surface area contributed by atoms with E-state index in [4.69, 9.17) is 9.15 Å². The van der Waals surface area contributed by atoms with Crippen molar-refractivity contribution in [3.63, 3.8) is 0 Å². The molecule has 0 aliphatic carbocycles. The summed E-state index contributed by atoms with van der Waals surface area (Å²) in [7, 11) is -1.28. The molecule has 0 bridgehead atoms. The van der Waals surface area contributed by atoms with Crippen LogP contribution in [0.2, 0.25) is 0 Å². The third-order valence-electron chi connectivity index (χ3n) is 4.74. The van der Waals surface area contributed by atoms with Gasteiger partial charge in [0.1, 0.15) is 18.1 Å². The molecule has 162 valence electrons. The summed E-state index contributed by atoms with van der Waals surface area (Å²) < 4.78 is 22.7. The Morgan fingerprint density at radius 1 is 1.27 bits per heavy atom. The zero-order chi connectivity index (χ0) is 21.0. The van der Waals surface area contributed by atoms with Crippen LogP contribution in [0.3, 0.4) is 0 Å². The van der Waals surface area contributed by atoms with Gasteiger partial charge in [-0.2, -0.15) is 0 Å². The Hall–Kier alpha value is -2.45. The molecule has 1 aliphatic heterocycles. The number of aromatic nitrogens is 1. The third-order valence-corrected chi connectivity index (χ3v) is 5.93. The Bertz CT molecular complexity index is 833. The van der Waals surface area contributed by atoms with Gasteiger partial charge >= 0.3 is 0 Å². The van der Waals surface area contributed by atoms with Gasteiger partial charge < -0.3 is 14.5 Å². The number of nitrogens with one attached hydrogen (secondary N) is 1. The fourth-order valence-electron chi connectivity index (χ4n) is 3.26. The van der Waals surface area contributed by atoms with Crippen molar-refractivity contribution < 1.29 is 18.2 Å². The van der Waals surface area contributed by atoms with E-state index in [1.807, 2.05) is 24.3 Å². The van der Waals surface area contributed by atoms with Gasteiger partial charge in [0.2, 0.25) is 11.8 Å². The fourth-order valence-corrected chi connectivity index (χ4v) is 4.24. The minimum atomic E-state index is -1.28. The van der Waals surface area contributed by atoms with Gasteiger partial charge in [-0.15, -0.1) is 0 Å². The molecule has 7 nitrogen and oxygen atoms in total. The number of likely N-dealkylation sites (tertiary alicyclic amines) is 1. The van der Waals surface area contributed by atoms with Crippen LogP contribution in [0.25, 0.3) is 0 Å². The molecule has 1 atom stereocenters. The van der Waals surface area contributed by atoms with Crippen molar-refractivity contribution in [2.45, 2.75) is 31.6 Å². The van der Waals surface area contributed by atoms with E-state index in [0.29, 0.717) is 24.8 Å². The molecule has 0 aromatic carbocycles. The van der Waals surface area contributed by atoms with Crippen molar-refractivity contribution in [2.75, 3.05) is 32.0 Å². The van der Waals surface area contributed by atoms with Crippen molar-refractivity contribution in [3.05, 3.63) is 60.2 Å². The minimum absolute atomic E-state index is 0.0429. The number of pyridine rings is 1. The molecule has 1 amide bonds. The smallest absolute Gasteiger partial charge is 0.232 e. The lowest BCUT2D eigenvalue weighted by atomic mass is 10.1. The van der Waals surface area contributed by atoms with Crippen molar-refractivity contribution in [3.8, 4) is 5.88 Å². The highest BCUT2D eigenvalue weighted by molar-refractivity contribution is 7.84. The number of amides is 1. The summed E-state index contributed by atoms with van der Waals surface area (Å²) in [6.07, 6.45) is 10.8. The van der Waals surface area contributed by atoms with E-state index < -0.39 is 10.8 Å². The summed E-state index contributed by atoms with van der Waals surface area (Å²) in [6.45, 7) is 3.98. The first kappa shape index (κ1) is 22.2. The summed E-state index contributed by atoms with van der Waals surface area (Å²) in [5.74, 6) is 1.17. The molecule has 1 saturated heterocycles. The lowest BCUT2D eigenvalue weighted by Crippen LogP contribution is -2.29. The molecule has 0 spiro atoms. The number of hydrogen-bond donors (Lipinski definition) is 1. The molecule has 30 heavy (non-hydrogen) atoms. The SMILES string of the molecule is O=C(C[S@@](=O)Cc1ccco1)NC/C=C/COc1cc(CN2CCCCC2)ccn1. The van der Waals surface area contributed by atoms with Gasteiger partial charge in [0, 0.05) is 36.2 Å². The topological polar surface area (TPSA) is 84.7 Å². The standard InChI is InChI=1S/C22H29N3O4S/c26-21(18-30(27)17-20-7-6-14-28-20)23-9-2-5-13-29-22-15-19(8-10-24-22)16-25-11-3-1-4-12-25/h2,5-8,10,14-15H,1,3-4,9,11-13,16-18H2,(H,23,26)/b5-2+/t30-/m0/s1. The average molecular weight is 432 g/mol. The first-order valence-electron chi connectivity index (χ1n) is 10.3. The van der Waals surface area contributed by atoms with Crippen LogP contribution >= 0.6 is 0 Å². The van der Waals surface area contributed by atoms with Gasteiger partial charge in [-0.25, -0.2) is 4.98 Å². The van der Waals surface area contributed by atoms with E-state index in [9.17, 15) is 9.00 Å². The molecule has 2 aromatic heterocycles. The van der Waals surface area contributed by atoms with Gasteiger partial charge in [-0.3, -0.25) is 13.9 Å². The Morgan fingerprint density at radius 3 is 2.93 bits per heavy atom. The highest BCUT2D eigenvalue weighted by atomic mass is 32.2. The number of nitrogens with zero attached hydrogens (tertiary/aromatic N) is 2. The monoisotopic (exact) mass is 431 g/mol. The maximum atomic E-state index is 11.9. The van der Waals surface area contributed by atoms with Gasteiger partial charge in [-0.05, 0) is 55.8 Å². The number of furan rings is 1. The number of rotatable bonds is 11. The Labute approximate surface area is 180 Å². The molecule has 1 aliphatic rings. The zero-order valence-corrected chi connectivity index (χ0v) is 17.9. The van der Waals surface area contributed by atoms with E-state index in [0.717, 1.165) is 19.6 Å². The molecule has 8 heteroatoms. The summed E-state index contributed by atoms with van der Waals surface area (Å²) >= 11 is 0. The second kappa shape index (κ2) is 12.3. The minimum Gasteiger partial charge on any atom is -0.473 e. The largest absolute Gasteiger partial charge is 0.473 e. The predicted molar refractivity (Wildman–Crippen MR) is 116 cm³/mol. The number of hydrogen-bond acceptors (Lipinski definition) is 6. The van der Waals surface area contributed by atoms with E-state index in [1.54, 1.807) is 18.3 Å².